The number of benzene rings is 2. The fourth-order valence-corrected chi connectivity index (χ4v) is 4.72. The van der Waals surface area contributed by atoms with Gasteiger partial charge in [-0.3, -0.25) is 9.59 Å². The number of aromatic nitrogens is 1. The maximum absolute atomic E-state index is 13.2. The normalized spacial score (nSPS) is 18.0. The van der Waals surface area contributed by atoms with Crippen LogP contribution >= 0.6 is 23.2 Å². The summed E-state index contributed by atoms with van der Waals surface area (Å²) in [5.41, 5.74) is 1.66. The summed E-state index contributed by atoms with van der Waals surface area (Å²) in [6.07, 6.45) is 1.76. The van der Waals surface area contributed by atoms with Gasteiger partial charge < -0.3 is 24.6 Å². The molecule has 0 spiro atoms. The number of carbonyl (C=O) groups is 2. The number of nitrogens with one attached hydrogen (secondary N) is 1. The molecule has 1 unspecified atom stereocenters. The number of amides is 1. The first-order valence-corrected chi connectivity index (χ1v) is 11.0. The number of hydrogen-bond acceptors (Lipinski definition) is 5. The lowest BCUT2D eigenvalue weighted by atomic mass is 9.94. The second kappa shape index (κ2) is 9.09. The van der Waals surface area contributed by atoms with Crippen LogP contribution in [0.5, 0.6) is 5.75 Å². The van der Waals surface area contributed by atoms with Gasteiger partial charge in [-0.25, -0.2) is 0 Å². The number of aromatic amines is 1. The summed E-state index contributed by atoms with van der Waals surface area (Å²) in [6.45, 7) is 0.837. The highest BCUT2D eigenvalue weighted by molar-refractivity contribution is 6.47. The molecule has 3 aromatic rings. The highest BCUT2D eigenvalue weighted by Crippen LogP contribution is 2.44. The van der Waals surface area contributed by atoms with Gasteiger partial charge in [0.05, 0.1) is 29.3 Å². The topological polar surface area (TPSA) is 85.9 Å². The molecule has 0 radical (unpaired) electrons. The molecule has 1 fully saturated rings. The SMILES string of the molecule is COc1c(Cl)cc(Cl)cc1/C(O)=C1\C(=O)C(=O)N(CCN(C)C)C1c1c[nH]c2ccccc12. The lowest BCUT2D eigenvalue weighted by Gasteiger charge is -2.26. The van der Waals surface area contributed by atoms with E-state index >= 15 is 0 Å². The number of hydrogen-bond donors (Lipinski definition) is 2. The molecule has 1 atom stereocenters. The summed E-state index contributed by atoms with van der Waals surface area (Å²) < 4.78 is 5.37. The zero-order valence-corrected chi connectivity index (χ0v) is 19.9. The Labute approximate surface area is 201 Å². The summed E-state index contributed by atoms with van der Waals surface area (Å²) in [6, 6.07) is 9.72. The Hall–Kier alpha value is -3.00. The average Bonchev–Trinajstić information content (AvgIpc) is 3.30. The molecule has 2 N–H and O–H groups in total. The summed E-state index contributed by atoms with van der Waals surface area (Å²) in [7, 11) is 5.17. The summed E-state index contributed by atoms with van der Waals surface area (Å²) >= 11 is 12.4. The third-order valence-electron chi connectivity index (χ3n) is 5.71. The molecular formula is C24H23Cl2N3O4. The minimum atomic E-state index is -0.802. The summed E-state index contributed by atoms with van der Waals surface area (Å²) in [5.74, 6) is -1.69. The van der Waals surface area contributed by atoms with E-state index in [-0.39, 0.29) is 26.9 Å². The quantitative estimate of drug-likeness (QED) is 0.304. The number of likely N-dealkylation sites (tertiary alicyclic amines) is 1. The molecule has 0 aliphatic carbocycles. The van der Waals surface area contributed by atoms with Gasteiger partial charge in [0.1, 0.15) is 11.5 Å². The Kier molecular flexibility index (Phi) is 6.38. The number of Topliss-reactive ketones (excluding diaryl/α,β-unsaturated/α-hetero) is 1. The number of fused-ring (bicyclic) bond motifs is 1. The first-order chi connectivity index (χ1) is 15.7. The zero-order valence-electron chi connectivity index (χ0n) is 18.4. The predicted molar refractivity (Wildman–Crippen MR) is 129 cm³/mol. The third-order valence-corrected chi connectivity index (χ3v) is 6.21. The Morgan fingerprint density at radius 3 is 2.64 bits per heavy atom. The van der Waals surface area contributed by atoms with Crippen LogP contribution in [0, 0.1) is 0 Å². The number of likely N-dealkylation sites (N-methyl/N-ethyl adjacent to an activating group) is 1. The van der Waals surface area contributed by atoms with Crippen molar-refractivity contribution in [3.05, 3.63) is 69.3 Å². The van der Waals surface area contributed by atoms with E-state index in [0.717, 1.165) is 10.9 Å². The number of carbonyl (C=O) groups excluding carboxylic acids is 2. The van der Waals surface area contributed by atoms with Crippen LogP contribution in [0.4, 0.5) is 0 Å². The fraction of sp³-hybridized carbons (Fsp3) is 0.250. The van der Waals surface area contributed by atoms with Crippen molar-refractivity contribution in [3.63, 3.8) is 0 Å². The van der Waals surface area contributed by atoms with Crippen LogP contribution in [0.1, 0.15) is 17.2 Å². The van der Waals surface area contributed by atoms with Crippen molar-refractivity contribution in [2.24, 2.45) is 0 Å². The molecule has 1 amide bonds. The predicted octanol–water partition coefficient (Wildman–Crippen LogP) is 4.47. The van der Waals surface area contributed by atoms with Gasteiger partial charge in [0.15, 0.2) is 0 Å². The van der Waals surface area contributed by atoms with Crippen LogP contribution in [0.15, 0.2) is 48.2 Å². The number of methoxy groups -OCH3 is 1. The average molecular weight is 488 g/mol. The van der Waals surface area contributed by atoms with Gasteiger partial charge in [0.2, 0.25) is 0 Å². The molecule has 33 heavy (non-hydrogen) atoms. The van der Waals surface area contributed by atoms with Crippen molar-refractivity contribution in [2.45, 2.75) is 6.04 Å². The van der Waals surface area contributed by atoms with E-state index in [9.17, 15) is 14.7 Å². The molecule has 9 heteroatoms. The van der Waals surface area contributed by atoms with Crippen molar-refractivity contribution in [1.82, 2.24) is 14.8 Å². The van der Waals surface area contributed by atoms with Crippen molar-refractivity contribution in [3.8, 4) is 5.75 Å². The minimum Gasteiger partial charge on any atom is -0.507 e. The van der Waals surface area contributed by atoms with E-state index in [1.54, 1.807) is 6.20 Å². The smallest absolute Gasteiger partial charge is 0.295 e. The Bertz CT molecular complexity index is 1280. The van der Waals surface area contributed by atoms with E-state index in [2.05, 4.69) is 4.98 Å². The number of halogens is 2. The van der Waals surface area contributed by atoms with Crippen molar-refractivity contribution >= 4 is 51.6 Å². The van der Waals surface area contributed by atoms with Gasteiger partial charge in [-0.05, 0) is 32.3 Å². The molecule has 1 saturated heterocycles. The van der Waals surface area contributed by atoms with E-state index in [0.29, 0.717) is 18.7 Å². The molecular weight excluding hydrogens is 465 g/mol. The maximum Gasteiger partial charge on any atom is 0.295 e. The third kappa shape index (κ3) is 4.08. The van der Waals surface area contributed by atoms with Crippen molar-refractivity contribution in [1.29, 1.82) is 0 Å². The van der Waals surface area contributed by atoms with Crippen LogP contribution < -0.4 is 4.74 Å². The van der Waals surface area contributed by atoms with Gasteiger partial charge in [0.25, 0.3) is 11.7 Å². The van der Waals surface area contributed by atoms with Crippen LogP contribution in [0.25, 0.3) is 16.7 Å². The van der Waals surface area contributed by atoms with Gasteiger partial charge >= 0.3 is 0 Å². The Balaban J connectivity index is 1.97. The van der Waals surface area contributed by atoms with Crippen LogP contribution in [0.2, 0.25) is 10.0 Å². The number of ketones is 1. The molecule has 1 aliphatic heterocycles. The van der Waals surface area contributed by atoms with E-state index in [1.165, 1.54) is 24.1 Å². The maximum atomic E-state index is 13.2. The lowest BCUT2D eigenvalue weighted by Crippen LogP contribution is -2.35. The summed E-state index contributed by atoms with van der Waals surface area (Å²) in [5, 5.41) is 12.7. The second-order valence-electron chi connectivity index (χ2n) is 8.05. The van der Waals surface area contributed by atoms with Crippen LogP contribution in [-0.4, -0.2) is 65.9 Å². The number of rotatable bonds is 6. The molecule has 7 nitrogen and oxygen atoms in total. The number of aliphatic hydroxyl groups excluding tert-OH is 1. The fourth-order valence-electron chi connectivity index (χ4n) is 4.15. The standard InChI is InChI=1S/C24H23Cl2N3O4/c1-28(2)8-9-29-20(16-12-27-18-7-5-4-6-14(16)18)19(22(31)24(29)32)21(30)15-10-13(25)11-17(26)23(15)33-3/h4-7,10-12,20,27,30H,8-9H2,1-3H3/b21-19+. The summed E-state index contributed by atoms with van der Waals surface area (Å²) in [4.78, 5) is 33.0. The minimum absolute atomic E-state index is 0.0415. The molecule has 4 rings (SSSR count). The number of H-pyrrole nitrogens is 1. The van der Waals surface area contributed by atoms with Gasteiger partial charge in [-0.1, -0.05) is 41.4 Å². The van der Waals surface area contributed by atoms with Crippen LogP contribution in [-0.2, 0) is 9.59 Å². The first-order valence-electron chi connectivity index (χ1n) is 10.3. The Morgan fingerprint density at radius 2 is 1.94 bits per heavy atom. The second-order valence-corrected chi connectivity index (χ2v) is 8.90. The van der Waals surface area contributed by atoms with Crippen LogP contribution in [0.3, 0.4) is 0 Å². The lowest BCUT2D eigenvalue weighted by molar-refractivity contribution is -0.140. The molecule has 2 aromatic carbocycles. The number of aliphatic hydroxyl groups is 1. The number of para-hydroxylation sites is 1. The molecule has 172 valence electrons. The monoisotopic (exact) mass is 487 g/mol. The highest BCUT2D eigenvalue weighted by atomic mass is 35.5. The van der Waals surface area contributed by atoms with E-state index < -0.39 is 23.5 Å². The Morgan fingerprint density at radius 1 is 1.21 bits per heavy atom. The number of ether oxygens (including phenoxy) is 1. The van der Waals surface area contributed by atoms with Gasteiger partial charge in [-0.2, -0.15) is 0 Å². The first kappa shape index (κ1) is 23.2. The number of nitrogens with zero attached hydrogens (tertiary/aromatic N) is 2. The molecule has 0 bridgehead atoms. The highest BCUT2D eigenvalue weighted by Gasteiger charge is 2.47. The molecule has 1 aliphatic rings. The van der Waals surface area contributed by atoms with Crippen molar-refractivity contribution < 1.29 is 19.4 Å². The largest absolute Gasteiger partial charge is 0.507 e. The van der Waals surface area contributed by atoms with E-state index in [4.69, 9.17) is 27.9 Å². The van der Waals surface area contributed by atoms with E-state index in [1.807, 2.05) is 43.3 Å². The molecule has 1 aromatic heterocycles. The van der Waals surface area contributed by atoms with Gasteiger partial charge in [0, 0.05) is 40.8 Å². The van der Waals surface area contributed by atoms with Gasteiger partial charge in [-0.15, -0.1) is 0 Å². The molecule has 2 heterocycles. The zero-order chi connectivity index (χ0) is 23.9. The van der Waals surface area contributed by atoms with Crippen molar-refractivity contribution in [2.75, 3.05) is 34.3 Å². The molecule has 0 saturated carbocycles.